The van der Waals surface area contributed by atoms with Gasteiger partial charge in [-0.05, 0) is 30.3 Å². The Morgan fingerprint density at radius 3 is 2.55 bits per heavy atom. The minimum Gasteiger partial charge on any atom is -0.451 e. The number of carbonyl (C=O) groups is 2. The van der Waals surface area contributed by atoms with E-state index in [9.17, 15) is 9.59 Å². The fraction of sp³-hybridized carbons (Fsp3) is 0.238. The van der Waals surface area contributed by atoms with Crippen molar-refractivity contribution in [2.45, 2.75) is 0 Å². The van der Waals surface area contributed by atoms with E-state index in [1.165, 1.54) is 11.3 Å². The number of ether oxygens (including phenoxy) is 2. The van der Waals surface area contributed by atoms with Crippen molar-refractivity contribution in [1.29, 1.82) is 0 Å². The highest BCUT2D eigenvalue weighted by Crippen LogP contribution is 2.35. The van der Waals surface area contributed by atoms with Crippen LogP contribution in [0, 0.1) is 0 Å². The maximum atomic E-state index is 12.3. The molecule has 3 aromatic rings. The summed E-state index contributed by atoms with van der Waals surface area (Å²) in [5.41, 5.74) is 1.72. The maximum absolute atomic E-state index is 12.3. The molecule has 1 aromatic heterocycles. The van der Waals surface area contributed by atoms with Crippen LogP contribution in [0.1, 0.15) is 9.67 Å². The Labute approximate surface area is 177 Å². The third kappa shape index (κ3) is 4.53. The smallest absolute Gasteiger partial charge is 0.350 e. The van der Waals surface area contributed by atoms with Crippen LogP contribution in [0.15, 0.2) is 48.5 Å². The minimum atomic E-state index is -0.603. The second-order valence-electron chi connectivity index (χ2n) is 6.51. The second-order valence-corrected chi connectivity index (χ2v) is 7.94. The van der Waals surface area contributed by atoms with Crippen molar-refractivity contribution in [1.82, 2.24) is 0 Å². The van der Waals surface area contributed by atoms with Gasteiger partial charge in [-0.25, -0.2) is 4.79 Å². The van der Waals surface area contributed by atoms with Gasteiger partial charge < -0.3 is 19.7 Å². The summed E-state index contributed by atoms with van der Waals surface area (Å²) in [6.45, 7) is 2.75. The summed E-state index contributed by atoms with van der Waals surface area (Å²) >= 11 is 7.52. The highest BCUT2D eigenvalue weighted by molar-refractivity contribution is 7.21. The van der Waals surface area contributed by atoms with Crippen LogP contribution in [0.4, 0.5) is 11.4 Å². The van der Waals surface area contributed by atoms with Crippen molar-refractivity contribution in [3.63, 3.8) is 0 Å². The Bertz CT molecular complexity index is 1030. The zero-order chi connectivity index (χ0) is 20.2. The predicted octanol–water partition coefficient (Wildman–Crippen LogP) is 4.19. The van der Waals surface area contributed by atoms with Gasteiger partial charge in [-0.2, -0.15) is 0 Å². The van der Waals surface area contributed by atoms with E-state index in [1.54, 1.807) is 0 Å². The number of halogens is 1. The van der Waals surface area contributed by atoms with Crippen molar-refractivity contribution in [3.05, 3.63) is 58.4 Å². The van der Waals surface area contributed by atoms with Crippen LogP contribution in [0.3, 0.4) is 0 Å². The summed E-state index contributed by atoms with van der Waals surface area (Å²) < 4.78 is 11.4. The Hall–Kier alpha value is -2.61. The van der Waals surface area contributed by atoms with E-state index in [4.69, 9.17) is 21.1 Å². The fourth-order valence-corrected chi connectivity index (χ4v) is 4.52. The molecule has 2 aromatic carbocycles. The van der Waals surface area contributed by atoms with Crippen LogP contribution in [0.5, 0.6) is 0 Å². The number of hydrogen-bond donors (Lipinski definition) is 1. The molecule has 0 unspecified atom stereocenters. The van der Waals surface area contributed by atoms with Gasteiger partial charge in [0, 0.05) is 34.6 Å². The summed E-state index contributed by atoms with van der Waals surface area (Å²) in [4.78, 5) is 27.0. The Balaban J connectivity index is 1.32. The number of thiophene rings is 1. The first-order valence-electron chi connectivity index (χ1n) is 9.18. The van der Waals surface area contributed by atoms with Crippen molar-refractivity contribution >= 4 is 56.3 Å². The summed E-state index contributed by atoms with van der Waals surface area (Å²) in [7, 11) is 0. The van der Waals surface area contributed by atoms with Crippen LogP contribution in [-0.4, -0.2) is 44.8 Å². The summed E-state index contributed by atoms with van der Waals surface area (Å²) in [6, 6.07) is 15.0. The van der Waals surface area contributed by atoms with Crippen LogP contribution in [0.25, 0.3) is 10.1 Å². The predicted molar refractivity (Wildman–Crippen MR) is 115 cm³/mol. The number of morpholine rings is 1. The van der Waals surface area contributed by atoms with Crippen LogP contribution in [-0.2, 0) is 14.3 Å². The van der Waals surface area contributed by atoms with Crippen molar-refractivity contribution in [2.75, 3.05) is 43.1 Å². The molecule has 0 aliphatic carbocycles. The molecule has 1 fully saturated rings. The monoisotopic (exact) mass is 430 g/mol. The van der Waals surface area contributed by atoms with E-state index in [2.05, 4.69) is 10.2 Å². The first-order chi connectivity index (χ1) is 14.1. The van der Waals surface area contributed by atoms with Crippen LogP contribution >= 0.6 is 22.9 Å². The average Bonchev–Trinajstić information content (AvgIpc) is 3.10. The topological polar surface area (TPSA) is 67.9 Å². The molecule has 0 bridgehead atoms. The molecular weight excluding hydrogens is 412 g/mol. The van der Waals surface area contributed by atoms with Crippen molar-refractivity contribution < 1.29 is 19.1 Å². The molecule has 0 spiro atoms. The quantitative estimate of drug-likeness (QED) is 0.615. The molecule has 1 N–H and O–H groups in total. The third-order valence-electron chi connectivity index (χ3n) is 4.58. The zero-order valence-corrected chi connectivity index (χ0v) is 17.1. The fourth-order valence-electron chi connectivity index (χ4n) is 3.12. The van der Waals surface area contributed by atoms with Crippen LogP contribution in [0.2, 0.25) is 5.02 Å². The molecule has 150 valence electrons. The number of benzene rings is 2. The largest absolute Gasteiger partial charge is 0.451 e. The molecule has 4 rings (SSSR count). The number of anilines is 2. The molecule has 8 heteroatoms. The number of rotatable bonds is 5. The summed E-state index contributed by atoms with van der Waals surface area (Å²) in [5.74, 6) is -1.01. The Morgan fingerprint density at radius 2 is 1.83 bits per heavy atom. The minimum absolute atomic E-state index is 0.301. The second kappa shape index (κ2) is 8.82. The van der Waals surface area contributed by atoms with E-state index < -0.39 is 11.9 Å². The molecule has 0 saturated carbocycles. The number of fused-ring (bicyclic) bond motifs is 1. The lowest BCUT2D eigenvalue weighted by Crippen LogP contribution is -2.36. The molecule has 1 aliphatic rings. The molecule has 29 heavy (non-hydrogen) atoms. The van der Waals surface area contributed by atoms with Gasteiger partial charge in [-0.3, -0.25) is 4.79 Å². The average molecular weight is 431 g/mol. The molecule has 0 radical (unpaired) electrons. The molecule has 0 atom stereocenters. The molecule has 6 nitrogen and oxygen atoms in total. The zero-order valence-electron chi connectivity index (χ0n) is 15.5. The number of nitrogens with zero attached hydrogens (tertiary/aromatic N) is 1. The lowest BCUT2D eigenvalue weighted by Gasteiger charge is -2.28. The van der Waals surface area contributed by atoms with E-state index >= 15 is 0 Å². The van der Waals surface area contributed by atoms with Gasteiger partial charge in [-0.1, -0.05) is 29.8 Å². The van der Waals surface area contributed by atoms with E-state index in [1.807, 2.05) is 48.5 Å². The van der Waals surface area contributed by atoms with Gasteiger partial charge in [0.05, 0.1) is 18.2 Å². The molecule has 1 saturated heterocycles. The molecular formula is C21H19ClN2O4S. The van der Waals surface area contributed by atoms with Crippen molar-refractivity contribution in [2.24, 2.45) is 0 Å². The standard InChI is InChI=1S/C21H19ClN2O4S/c22-19-16-3-1-2-4-17(16)29-20(19)21(26)28-13-18(25)23-14-5-7-15(8-6-14)24-9-11-27-12-10-24/h1-8H,9-13H2,(H,23,25). The summed E-state index contributed by atoms with van der Waals surface area (Å²) in [6.07, 6.45) is 0. The lowest BCUT2D eigenvalue weighted by atomic mass is 10.2. The summed E-state index contributed by atoms with van der Waals surface area (Å²) in [5, 5.41) is 3.89. The highest BCUT2D eigenvalue weighted by Gasteiger charge is 2.19. The van der Waals surface area contributed by atoms with Crippen molar-refractivity contribution in [3.8, 4) is 0 Å². The van der Waals surface area contributed by atoms with E-state index in [0.717, 1.165) is 28.9 Å². The maximum Gasteiger partial charge on any atom is 0.350 e. The normalized spacial score (nSPS) is 14.0. The third-order valence-corrected chi connectivity index (χ3v) is 6.24. The van der Waals surface area contributed by atoms with Gasteiger partial charge in [-0.15, -0.1) is 11.3 Å². The first-order valence-corrected chi connectivity index (χ1v) is 10.4. The molecule has 2 heterocycles. The highest BCUT2D eigenvalue weighted by atomic mass is 35.5. The number of esters is 1. The van der Waals surface area contributed by atoms with E-state index in [-0.39, 0.29) is 6.61 Å². The Kier molecular flexibility index (Phi) is 5.99. The van der Waals surface area contributed by atoms with E-state index in [0.29, 0.717) is 28.8 Å². The van der Waals surface area contributed by atoms with Gasteiger partial charge >= 0.3 is 5.97 Å². The lowest BCUT2D eigenvalue weighted by molar-refractivity contribution is -0.119. The van der Waals surface area contributed by atoms with Gasteiger partial charge in [0.25, 0.3) is 5.91 Å². The SMILES string of the molecule is O=C(COC(=O)c1sc2ccccc2c1Cl)Nc1ccc(N2CCOCC2)cc1. The molecule has 1 aliphatic heterocycles. The molecule has 1 amide bonds. The van der Waals surface area contributed by atoms with Gasteiger partial charge in [0.15, 0.2) is 6.61 Å². The number of nitrogens with one attached hydrogen (secondary N) is 1. The number of amides is 1. The Morgan fingerprint density at radius 1 is 1.10 bits per heavy atom. The first kappa shape index (κ1) is 19.7. The van der Waals surface area contributed by atoms with Crippen LogP contribution < -0.4 is 10.2 Å². The van der Waals surface area contributed by atoms with Gasteiger partial charge in [0.2, 0.25) is 0 Å². The number of hydrogen-bond acceptors (Lipinski definition) is 6. The van der Waals surface area contributed by atoms with Gasteiger partial charge in [0.1, 0.15) is 4.88 Å². The number of carbonyl (C=O) groups excluding carboxylic acids is 2.